The first-order chi connectivity index (χ1) is 17.7. The summed E-state index contributed by atoms with van der Waals surface area (Å²) in [4.78, 5) is 0. The van der Waals surface area contributed by atoms with Gasteiger partial charge in [0.1, 0.15) is 0 Å². The van der Waals surface area contributed by atoms with Gasteiger partial charge in [-0.25, -0.2) is 0 Å². The quantitative estimate of drug-likeness (QED) is 0.172. The molecule has 0 radical (unpaired) electrons. The fourth-order valence-corrected chi connectivity index (χ4v) is 3.31. The van der Waals surface area contributed by atoms with E-state index in [4.69, 9.17) is 0 Å². The molecule has 4 rings (SSSR count). The molecule has 37 heavy (non-hydrogen) atoms. The number of nitrogens with zero attached hydrogens (tertiary/aromatic N) is 4. The number of benzene rings is 4. The van der Waals surface area contributed by atoms with Gasteiger partial charge in [-0.3, -0.25) is 0 Å². The van der Waals surface area contributed by atoms with Crippen LogP contribution in [-0.4, -0.2) is 22.8 Å². The van der Waals surface area contributed by atoms with Crippen LogP contribution in [0, 0.1) is 20.8 Å². The van der Waals surface area contributed by atoms with Crippen LogP contribution in [0.4, 0.5) is 0 Å². The van der Waals surface area contributed by atoms with E-state index in [9.17, 15) is 20.8 Å². The summed E-state index contributed by atoms with van der Waals surface area (Å²) in [5.41, 5.74) is 2.51. The Hall–Kier alpha value is -4.75. The second kappa shape index (κ2) is 15.3. The van der Waals surface area contributed by atoms with Crippen molar-refractivity contribution < 1.29 is 16.5 Å². The Bertz CT molecular complexity index is 1130. The van der Waals surface area contributed by atoms with Crippen molar-refractivity contribution in [1.82, 2.24) is 0 Å². The Morgan fingerprint density at radius 1 is 0.324 bits per heavy atom. The van der Waals surface area contributed by atoms with E-state index in [2.05, 4.69) is 20.6 Å². The molecule has 0 amide bonds. The van der Waals surface area contributed by atoms with Gasteiger partial charge in [0, 0.05) is 38.7 Å². The van der Waals surface area contributed by atoms with Crippen LogP contribution < -0.4 is 0 Å². The smallest absolute Gasteiger partial charge is 0.0847 e. The fraction of sp³-hybridized carbons (Fsp3) is 0. The van der Waals surface area contributed by atoms with Gasteiger partial charge in [0.2, 0.25) is 0 Å². The SMILES string of the molecule is [Ni].[O-]N=C(C(=N[O-])c1ccccc1)c1ccccc1.[O-]N=C(C(=N[O-])c1ccccc1)c1ccccc1. The first kappa shape index (κ1) is 28.5. The topological polar surface area (TPSA) is 142 Å². The largest absolute Gasteiger partial charge is 0.791 e. The zero-order valence-electron chi connectivity index (χ0n) is 19.3. The van der Waals surface area contributed by atoms with Crippen molar-refractivity contribution in [1.29, 1.82) is 0 Å². The second-order valence-corrected chi connectivity index (χ2v) is 7.22. The van der Waals surface area contributed by atoms with Gasteiger partial charge in [-0.15, -0.1) is 0 Å². The minimum Gasteiger partial charge on any atom is -0.791 e. The Balaban J connectivity index is 0.000000253. The molecule has 0 heterocycles. The zero-order valence-corrected chi connectivity index (χ0v) is 20.3. The van der Waals surface area contributed by atoms with Crippen LogP contribution in [0.15, 0.2) is 142 Å². The van der Waals surface area contributed by atoms with Crippen molar-refractivity contribution in [2.45, 2.75) is 0 Å². The summed E-state index contributed by atoms with van der Waals surface area (Å²) in [6, 6.07) is 35.2. The Labute approximate surface area is 224 Å². The van der Waals surface area contributed by atoms with Crippen molar-refractivity contribution in [2.24, 2.45) is 20.6 Å². The first-order valence-corrected chi connectivity index (χ1v) is 10.8. The Morgan fingerprint density at radius 2 is 0.486 bits per heavy atom. The summed E-state index contributed by atoms with van der Waals surface area (Å²) in [6.07, 6.45) is 0. The van der Waals surface area contributed by atoms with E-state index in [0.29, 0.717) is 22.3 Å². The van der Waals surface area contributed by atoms with Crippen LogP contribution in [0.5, 0.6) is 0 Å². The molecule has 0 aliphatic heterocycles. The van der Waals surface area contributed by atoms with Crippen LogP contribution in [0.1, 0.15) is 22.3 Å². The van der Waals surface area contributed by atoms with Gasteiger partial charge >= 0.3 is 0 Å². The molecule has 0 aromatic heterocycles. The average Bonchev–Trinajstić information content (AvgIpc) is 2.96. The molecule has 9 heteroatoms. The Kier molecular flexibility index (Phi) is 11.8. The van der Waals surface area contributed by atoms with Crippen molar-refractivity contribution in [3.05, 3.63) is 164 Å². The van der Waals surface area contributed by atoms with Crippen LogP contribution in [-0.2, 0) is 16.5 Å². The van der Waals surface area contributed by atoms with E-state index in [1.165, 1.54) is 0 Å². The number of hydrogen-bond acceptors (Lipinski definition) is 8. The van der Waals surface area contributed by atoms with Crippen molar-refractivity contribution in [2.75, 3.05) is 0 Å². The monoisotopic (exact) mass is 534 g/mol. The molecule has 0 fully saturated rings. The molecule has 190 valence electrons. The predicted molar refractivity (Wildman–Crippen MR) is 145 cm³/mol. The molecule has 0 N–H and O–H groups in total. The summed E-state index contributed by atoms with van der Waals surface area (Å²) in [7, 11) is 0. The van der Waals surface area contributed by atoms with E-state index in [1.807, 2.05) is 24.3 Å². The van der Waals surface area contributed by atoms with Gasteiger partial charge < -0.3 is 41.5 Å². The van der Waals surface area contributed by atoms with Crippen molar-refractivity contribution in [3.8, 4) is 0 Å². The van der Waals surface area contributed by atoms with E-state index in [-0.39, 0.29) is 39.3 Å². The predicted octanol–water partition coefficient (Wildman–Crippen LogP) is 5.92. The van der Waals surface area contributed by atoms with Crippen LogP contribution >= 0.6 is 0 Å². The maximum Gasteiger partial charge on any atom is 0.0847 e. The van der Waals surface area contributed by atoms with Crippen LogP contribution in [0.25, 0.3) is 0 Å². The minimum atomic E-state index is 0. The molecule has 8 nitrogen and oxygen atoms in total. The molecular weight excluding hydrogens is 515 g/mol. The second-order valence-electron chi connectivity index (χ2n) is 7.22. The van der Waals surface area contributed by atoms with Gasteiger partial charge in [0.25, 0.3) is 0 Å². The summed E-state index contributed by atoms with van der Waals surface area (Å²) >= 11 is 0. The maximum absolute atomic E-state index is 11.0. The molecular formula is C28H20N4NiO4-4. The molecule has 0 bridgehead atoms. The van der Waals surface area contributed by atoms with Gasteiger partial charge in [-0.05, 0) is 0 Å². The van der Waals surface area contributed by atoms with E-state index >= 15 is 0 Å². The molecule has 0 unspecified atom stereocenters. The minimum absolute atomic E-state index is 0. The van der Waals surface area contributed by atoms with E-state index in [0.717, 1.165) is 0 Å². The summed E-state index contributed by atoms with van der Waals surface area (Å²) in [5.74, 6) is 0. The third-order valence-electron chi connectivity index (χ3n) is 5.00. The third-order valence-corrected chi connectivity index (χ3v) is 5.00. The van der Waals surface area contributed by atoms with Gasteiger partial charge in [-0.2, -0.15) is 0 Å². The third kappa shape index (κ3) is 7.62. The standard InChI is InChI=1S/2C14H12N2O2.Ni/c2*17-15-13(11-7-3-1-4-8-11)14(16-18)12-9-5-2-6-10-12;/h2*1-10,17-18H;/p-4. The van der Waals surface area contributed by atoms with Crippen LogP contribution in [0.2, 0.25) is 0 Å². The number of rotatable bonds is 6. The van der Waals surface area contributed by atoms with E-state index in [1.54, 1.807) is 97.1 Å². The molecule has 0 aliphatic rings. The summed E-state index contributed by atoms with van der Waals surface area (Å²) < 4.78 is 0. The zero-order chi connectivity index (χ0) is 25.6. The molecule has 0 saturated carbocycles. The molecule has 0 aliphatic carbocycles. The van der Waals surface area contributed by atoms with Gasteiger partial charge in [0.15, 0.2) is 0 Å². The molecule has 0 atom stereocenters. The summed E-state index contributed by atoms with van der Waals surface area (Å²) in [5, 5.41) is 55.7. The Morgan fingerprint density at radius 3 is 0.622 bits per heavy atom. The van der Waals surface area contributed by atoms with Gasteiger partial charge in [-0.1, -0.05) is 121 Å². The van der Waals surface area contributed by atoms with Crippen molar-refractivity contribution in [3.63, 3.8) is 0 Å². The van der Waals surface area contributed by atoms with Gasteiger partial charge in [0.05, 0.1) is 22.8 Å². The molecule has 4 aromatic rings. The molecule has 0 saturated heterocycles. The van der Waals surface area contributed by atoms with E-state index < -0.39 is 0 Å². The fourth-order valence-electron chi connectivity index (χ4n) is 3.31. The maximum atomic E-state index is 11.0. The summed E-state index contributed by atoms with van der Waals surface area (Å²) in [6.45, 7) is 0. The van der Waals surface area contributed by atoms with Crippen LogP contribution in [0.3, 0.4) is 0 Å². The molecule has 0 spiro atoms. The normalized spacial score (nSPS) is 12.1. The average molecular weight is 535 g/mol. The first-order valence-electron chi connectivity index (χ1n) is 10.8. The number of hydrogen-bond donors (Lipinski definition) is 0. The van der Waals surface area contributed by atoms with Crippen molar-refractivity contribution >= 4 is 22.8 Å². The molecule has 4 aromatic carbocycles.